The zero-order valence-corrected chi connectivity index (χ0v) is 17.2. The maximum atomic E-state index is 12.5. The van der Waals surface area contributed by atoms with Crippen molar-refractivity contribution in [2.75, 3.05) is 13.1 Å². The van der Waals surface area contributed by atoms with Gasteiger partial charge in [-0.05, 0) is 42.5 Å². The molecule has 1 aliphatic heterocycles. The molecule has 0 unspecified atom stereocenters. The number of hydrogen-bond donors (Lipinski definition) is 1. The highest BCUT2D eigenvalue weighted by Gasteiger charge is 2.23. The van der Waals surface area contributed by atoms with Crippen molar-refractivity contribution in [2.24, 2.45) is 0 Å². The van der Waals surface area contributed by atoms with Crippen molar-refractivity contribution in [3.63, 3.8) is 0 Å². The third kappa shape index (κ3) is 5.98. The summed E-state index contributed by atoms with van der Waals surface area (Å²) < 4.78 is 0. The van der Waals surface area contributed by atoms with Crippen LogP contribution in [0.25, 0.3) is 0 Å². The van der Waals surface area contributed by atoms with Gasteiger partial charge in [0.25, 0.3) is 0 Å². The summed E-state index contributed by atoms with van der Waals surface area (Å²) in [6, 6.07) is 15.4. The minimum atomic E-state index is 0.0736. The van der Waals surface area contributed by atoms with Crippen LogP contribution in [-0.2, 0) is 22.4 Å². The number of rotatable bonds is 6. The summed E-state index contributed by atoms with van der Waals surface area (Å²) in [7, 11) is 0. The predicted octanol–water partition coefficient (Wildman–Crippen LogP) is 4.28. The van der Waals surface area contributed by atoms with Gasteiger partial charge in [-0.3, -0.25) is 9.59 Å². The fourth-order valence-electron chi connectivity index (χ4n) is 3.41. The first-order chi connectivity index (χ1) is 13.5. The number of carbonyl (C=O) groups is 2. The number of aryl methyl sites for hydroxylation is 1. The van der Waals surface area contributed by atoms with Crippen LogP contribution < -0.4 is 5.32 Å². The maximum absolute atomic E-state index is 12.5. The molecule has 1 heterocycles. The van der Waals surface area contributed by atoms with Crippen LogP contribution in [0.1, 0.15) is 30.4 Å². The first-order valence-electron chi connectivity index (χ1n) is 9.56. The van der Waals surface area contributed by atoms with Gasteiger partial charge in [0, 0.05) is 25.6 Å². The number of amides is 2. The Morgan fingerprint density at radius 1 is 0.964 bits per heavy atom. The molecule has 1 fully saturated rings. The van der Waals surface area contributed by atoms with Gasteiger partial charge in [0.05, 0.1) is 16.5 Å². The lowest BCUT2D eigenvalue weighted by atomic mass is 10.0. The van der Waals surface area contributed by atoms with Crippen LogP contribution in [0.2, 0.25) is 10.0 Å². The Kier molecular flexibility index (Phi) is 7.35. The molecule has 3 rings (SSSR count). The van der Waals surface area contributed by atoms with Crippen LogP contribution in [0.3, 0.4) is 0 Å². The topological polar surface area (TPSA) is 49.4 Å². The van der Waals surface area contributed by atoms with Crippen molar-refractivity contribution >= 4 is 35.0 Å². The van der Waals surface area contributed by atoms with Crippen LogP contribution in [0, 0.1) is 0 Å². The molecule has 6 heteroatoms. The second-order valence-electron chi connectivity index (χ2n) is 7.13. The zero-order valence-electron chi connectivity index (χ0n) is 15.7. The van der Waals surface area contributed by atoms with Gasteiger partial charge in [0.2, 0.25) is 11.8 Å². The Balaban J connectivity index is 1.40. The van der Waals surface area contributed by atoms with E-state index in [1.807, 2.05) is 41.3 Å². The molecule has 4 nitrogen and oxygen atoms in total. The molecule has 0 radical (unpaired) electrons. The molecule has 0 bridgehead atoms. The molecule has 148 valence electrons. The number of piperidine rings is 1. The standard InChI is InChI=1S/C22H24Cl2N2O2/c23-19-8-6-17(14-20(19)24)15-22(28)26-12-10-18(11-13-26)25-21(27)9-7-16-4-2-1-3-5-16/h1-6,8,14,18H,7,9-13,15H2,(H,25,27). The van der Waals surface area contributed by atoms with E-state index in [0.717, 1.165) is 24.8 Å². The fraction of sp³-hybridized carbons (Fsp3) is 0.364. The van der Waals surface area contributed by atoms with E-state index in [4.69, 9.17) is 23.2 Å². The number of halogens is 2. The second kappa shape index (κ2) is 9.94. The molecule has 1 N–H and O–H groups in total. The van der Waals surface area contributed by atoms with Crippen molar-refractivity contribution in [1.82, 2.24) is 10.2 Å². The highest BCUT2D eigenvalue weighted by Crippen LogP contribution is 2.23. The number of nitrogens with one attached hydrogen (secondary N) is 1. The van der Waals surface area contributed by atoms with Gasteiger partial charge in [-0.1, -0.05) is 59.6 Å². The molecule has 1 aliphatic rings. The lowest BCUT2D eigenvalue weighted by Gasteiger charge is -2.32. The summed E-state index contributed by atoms with van der Waals surface area (Å²) >= 11 is 11.9. The Labute approximate surface area is 175 Å². The number of hydrogen-bond acceptors (Lipinski definition) is 2. The van der Waals surface area contributed by atoms with Gasteiger partial charge in [0.1, 0.15) is 0 Å². The molecule has 1 saturated heterocycles. The normalized spacial score (nSPS) is 14.7. The maximum Gasteiger partial charge on any atom is 0.226 e. The summed E-state index contributed by atoms with van der Waals surface area (Å²) in [6.45, 7) is 1.31. The van der Waals surface area contributed by atoms with Crippen molar-refractivity contribution in [2.45, 2.75) is 38.1 Å². The molecule has 2 amide bonds. The SMILES string of the molecule is O=C(CCc1ccccc1)NC1CCN(C(=O)Cc2ccc(Cl)c(Cl)c2)CC1. The van der Waals surface area contributed by atoms with Gasteiger partial charge >= 0.3 is 0 Å². The van der Waals surface area contributed by atoms with E-state index in [1.54, 1.807) is 12.1 Å². The molecule has 2 aromatic carbocycles. The van der Waals surface area contributed by atoms with E-state index in [-0.39, 0.29) is 17.9 Å². The van der Waals surface area contributed by atoms with Gasteiger partial charge in [-0.25, -0.2) is 0 Å². The molecular formula is C22H24Cl2N2O2. The molecule has 2 aromatic rings. The van der Waals surface area contributed by atoms with Gasteiger partial charge in [-0.15, -0.1) is 0 Å². The van der Waals surface area contributed by atoms with Crippen LogP contribution in [0.5, 0.6) is 0 Å². The Morgan fingerprint density at radius 3 is 2.36 bits per heavy atom. The Morgan fingerprint density at radius 2 is 1.68 bits per heavy atom. The van der Waals surface area contributed by atoms with Gasteiger partial charge in [0.15, 0.2) is 0 Å². The monoisotopic (exact) mass is 418 g/mol. The molecule has 0 aromatic heterocycles. The van der Waals surface area contributed by atoms with Crippen LogP contribution in [-0.4, -0.2) is 35.8 Å². The molecule has 0 atom stereocenters. The average molecular weight is 419 g/mol. The predicted molar refractivity (Wildman–Crippen MR) is 113 cm³/mol. The molecule has 0 spiro atoms. The summed E-state index contributed by atoms with van der Waals surface area (Å²) in [5, 5.41) is 4.05. The number of nitrogens with zero attached hydrogens (tertiary/aromatic N) is 1. The molecule has 0 aliphatic carbocycles. The summed E-state index contributed by atoms with van der Waals surface area (Å²) in [5.74, 6) is 0.150. The Hall–Kier alpha value is -2.04. The van der Waals surface area contributed by atoms with Crippen molar-refractivity contribution in [3.8, 4) is 0 Å². The smallest absolute Gasteiger partial charge is 0.226 e. The molecule has 0 saturated carbocycles. The first kappa shape index (κ1) is 20.7. The molecular weight excluding hydrogens is 395 g/mol. The Bertz CT molecular complexity index is 819. The lowest BCUT2D eigenvalue weighted by Crippen LogP contribution is -2.47. The number of likely N-dealkylation sites (tertiary alicyclic amines) is 1. The van der Waals surface area contributed by atoms with E-state index < -0.39 is 0 Å². The van der Waals surface area contributed by atoms with Crippen molar-refractivity contribution < 1.29 is 9.59 Å². The van der Waals surface area contributed by atoms with E-state index in [9.17, 15) is 9.59 Å². The fourth-order valence-corrected chi connectivity index (χ4v) is 3.73. The average Bonchev–Trinajstić information content (AvgIpc) is 2.70. The van der Waals surface area contributed by atoms with Gasteiger partial charge in [-0.2, -0.15) is 0 Å². The third-order valence-corrected chi connectivity index (χ3v) is 5.77. The highest BCUT2D eigenvalue weighted by atomic mass is 35.5. The van der Waals surface area contributed by atoms with Crippen LogP contribution in [0.4, 0.5) is 0 Å². The summed E-state index contributed by atoms with van der Waals surface area (Å²) in [5.41, 5.74) is 2.02. The third-order valence-electron chi connectivity index (χ3n) is 5.04. The second-order valence-corrected chi connectivity index (χ2v) is 7.95. The van der Waals surface area contributed by atoms with Crippen LogP contribution >= 0.6 is 23.2 Å². The highest BCUT2D eigenvalue weighted by molar-refractivity contribution is 6.42. The quantitative estimate of drug-likeness (QED) is 0.760. The first-order valence-corrected chi connectivity index (χ1v) is 10.3. The summed E-state index contributed by atoms with van der Waals surface area (Å²) in [6.07, 6.45) is 3.10. The van der Waals surface area contributed by atoms with Gasteiger partial charge < -0.3 is 10.2 Å². The number of benzene rings is 2. The van der Waals surface area contributed by atoms with Crippen LogP contribution in [0.15, 0.2) is 48.5 Å². The van der Waals surface area contributed by atoms with E-state index >= 15 is 0 Å². The van der Waals surface area contributed by atoms with E-state index in [1.165, 1.54) is 5.56 Å². The van der Waals surface area contributed by atoms with E-state index in [2.05, 4.69) is 5.32 Å². The minimum Gasteiger partial charge on any atom is -0.353 e. The largest absolute Gasteiger partial charge is 0.353 e. The molecule has 28 heavy (non-hydrogen) atoms. The minimum absolute atomic E-state index is 0.0736. The van der Waals surface area contributed by atoms with E-state index in [0.29, 0.717) is 36.0 Å². The number of carbonyl (C=O) groups excluding carboxylic acids is 2. The zero-order chi connectivity index (χ0) is 19.9. The summed E-state index contributed by atoms with van der Waals surface area (Å²) in [4.78, 5) is 26.6. The lowest BCUT2D eigenvalue weighted by molar-refractivity contribution is -0.131. The van der Waals surface area contributed by atoms with Crippen molar-refractivity contribution in [1.29, 1.82) is 0 Å². The van der Waals surface area contributed by atoms with Crippen molar-refractivity contribution in [3.05, 3.63) is 69.7 Å².